The highest BCUT2D eigenvalue weighted by Crippen LogP contribution is 2.16. The minimum atomic E-state index is -0.0811. The van der Waals surface area contributed by atoms with E-state index < -0.39 is 0 Å². The normalized spacial score (nSPS) is 19.3. The first kappa shape index (κ1) is 16.4. The second-order valence-corrected chi connectivity index (χ2v) is 4.93. The molecular formula is C14H27NO4. The Hall–Kier alpha value is -0.650. The van der Waals surface area contributed by atoms with Crippen molar-refractivity contribution in [1.29, 1.82) is 0 Å². The van der Waals surface area contributed by atoms with Crippen LogP contribution in [0.2, 0.25) is 0 Å². The maximum absolute atomic E-state index is 11.5. The predicted octanol–water partition coefficient (Wildman–Crippen LogP) is 1.36. The fourth-order valence-corrected chi connectivity index (χ4v) is 2.16. The molecule has 0 radical (unpaired) electrons. The van der Waals surface area contributed by atoms with Gasteiger partial charge in [0.05, 0.1) is 19.8 Å². The zero-order chi connectivity index (χ0) is 13.8. The number of esters is 1. The van der Waals surface area contributed by atoms with Crippen molar-refractivity contribution in [3.8, 4) is 0 Å². The van der Waals surface area contributed by atoms with Crippen LogP contribution in [0.1, 0.15) is 32.1 Å². The average Bonchev–Trinajstić information content (AvgIpc) is 2.45. The Morgan fingerprint density at radius 2 is 2.16 bits per heavy atom. The maximum atomic E-state index is 11.5. The van der Waals surface area contributed by atoms with Crippen LogP contribution >= 0.6 is 0 Å². The smallest absolute Gasteiger partial charge is 0.305 e. The van der Waals surface area contributed by atoms with Gasteiger partial charge in [0.25, 0.3) is 0 Å². The van der Waals surface area contributed by atoms with Crippen molar-refractivity contribution in [2.45, 2.75) is 32.1 Å². The molecule has 1 N–H and O–H groups in total. The number of carbonyl (C=O) groups excluding carboxylic acids is 1. The zero-order valence-corrected chi connectivity index (χ0v) is 12.0. The fraction of sp³-hybridized carbons (Fsp3) is 0.929. The molecule has 19 heavy (non-hydrogen) atoms. The molecule has 1 rings (SSSR count). The summed E-state index contributed by atoms with van der Waals surface area (Å²) in [6.07, 6.45) is 4.68. The van der Waals surface area contributed by atoms with E-state index in [1.54, 1.807) is 7.11 Å². The zero-order valence-electron chi connectivity index (χ0n) is 12.0. The molecule has 5 heteroatoms. The number of carbonyl (C=O) groups is 1. The van der Waals surface area contributed by atoms with Gasteiger partial charge >= 0.3 is 5.97 Å². The van der Waals surface area contributed by atoms with Crippen molar-refractivity contribution >= 4 is 5.97 Å². The third-order valence-corrected chi connectivity index (χ3v) is 3.28. The lowest BCUT2D eigenvalue weighted by Gasteiger charge is -2.22. The molecule has 1 atom stereocenters. The molecule has 1 fully saturated rings. The van der Waals surface area contributed by atoms with Gasteiger partial charge in [-0.1, -0.05) is 0 Å². The van der Waals surface area contributed by atoms with Gasteiger partial charge in [-0.2, -0.15) is 0 Å². The molecule has 1 unspecified atom stereocenters. The van der Waals surface area contributed by atoms with E-state index in [0.29, 0.717) is 38.8 Å². The molecule has 0 saturated carbocycles. The number of hydrogen-bond acceptors (Lipinski definition) is 5. The SMILES string of the molecule is COCCOCCCOC(=O)CCC1CCCNC1. The van der Waals surface area contributed by atoms with Gasteiger partial charge < -0.3 is 19.5 Å². The second kappa shape index (κ2) is 11.2. The average molecular weight is 273 g/mol. The Bertz CT molecular complexity index is 229. The van der Waals surface area contributed by atoms with Crippen molar-refractivity contribution < 1.29 is 19.0 Å². The van der Waals surface area contributed by atoms with E-state index in [1.807, 2.05) is 0 Å². The van der Waals surface area contributed by atoms with Crippen LogP contribution in [0.25, 0.3) is 0 Å². The Balaban J connectivity index is 1.87. The molecule has 1 saturated heterocycles. The van der Waals surface area contributed by atoms with E-state index in [9.17, 15) is 4.79 Å². The number of ether oxygens (including phenoxy) is 3. The third kappa shape index (κ3) is 8.97. The van der Waals surface area contributed by atoms with Crippen LogP contribution in [0, 0.1) is 5.92 Å². The van der Waals surface area contributed by atoms with Gasteiger partial charge in [0.1, 0.15) is 0 Å². The summed E-state index contributed by atoms with van der Waals surface area (Å²) in [6, 6.07) is 0. The first-order chi connectivity index (χ1) is 9.33. The van der Waals surface area contributed by atoms with Crippen molar-refractivity contribution in [1.82, 2.24) is 5.32 Å². The molecule has 0 aromatic rings. The maximum Gasteiger partial charge on any atom is 0.305 e. The number of piperidine rings is 1. The lowest BCUT2D eigenvalue weighted by atomic mass is 9.95. The number of rotatable bonds is 10. The summed E-state index contributed by atoms with van der Waals surface area (Å²) < 4.78 is 15.3. The standard InChI is InChI=1S/C14H27NO4/c1-17-10-11-18-8-3-9-19-14(16)6-5-13-4-2-7-15-12-13/h13,15H,2-12H2,1H3. The molecule has 0 spiro atoms. The fourth-order valence-electron chi connectivity index (χ4n) is 2.16. The second-order valence-electron chi connectivity index (χ2n) is 4.93. The molecule has 0 bridgehead atoms. The van der Waals surface area contributed by atoms with Crippen LogP contribution < -0.4 is 5.32 Å². The third-order valence-electron chi connectivity index (χ3n) is 3.28. The Kier molecular flexibility index (Phi) is 9.67. The molecule has 0 aliphatic carbocycles. The van der Waals surface area contributed by atoms with Gasteiger partial charge in [0, 0.05) is 26.6 Å². The first-order valence-corrected chi connectivity index (χ1v) is 7.26. The van der Waals surface area contributed by atoms with Crippen LogP contribution in [0.4, 0.5) is 0 Å². The van der Waals surface area contributed by atoms with Crippen molar-refractivity contribution in [2.24, 2.45) is 5.92 Å². The summed E-state index contributed by atoms with van der Waals surface area (Å²) in [7, 11) is 1.65. The van der Waals surface area contributed by atoms with Gasteiger partial charge in [-0.05, 0) is 38.3 Å². The molecule has 112 valence electrons. The Morgan fingerprint density at radius 1 is 1.26 bits per heavy atom. The predicted molar refractivity (Wildman–Crippen MR) is 73.1 cm³/mol. The minimum absolute atomic E-state index is 0.0811. The highest BCUT2D eigenvalue weighted by atomic mass is 16.5. The van der Waals surface area contributed by atoms with Crippen molar-refractivity contribution in [2.75, 3.05) is 46.6 Å². The quantitative estimate of drug-likeness (QED) is 0.481. The lowest BCUT2D eigenvalue weighted by molar-refractivity contribution is -0.144. The molecule has 0 amide bonds. The summed E-state index contributed by atoms with van der Waals surface area (Å²) in [4.78, 5) is 11.5. The molecule has 1 aliphatic rings. The molecule has 1 aliphatic heterocycles. The molecule has 0 aromatic heterocycles. The Labute approximate surface area is 116 Å². The molecule has 0 aromatic carbocycles. The molecular weight excluding hydrogens is 246 g/mol. The first-order valence-electron chi connectivity index (χ1n) is 7.26. The Morgan fingerprint density at radius 3 is 2.89 bits per heavy atom. The van der Waals surface area contributed by atoms with Gasteiger partial charge in [0.2, 0.25) is 0 Å². The van der Waals surface area contributed by atoms with Gasteiger partial charge in [0.15, 0.2) is 0 Å². The highest BCUT2D eigenvalue weighted by Gasteiger charge is 2.14. The van der Waals surface area contributed by atoms with E-state index in [-0.39, 0.29) is 5.97 Å². The topological polar surface area (TPSA) is 56.8 Å². The summed E-state index contributed by atoms with van der Waals surface area (Å²) >= 11 is 0. The van der Waals surface area contributed by atoms with Crippen molar-refractivity contribution in [3.63, 3.8) is 0 Å². The van der Waals surface area contributed by atoms with Crippen LogP contribution in [0.3, 0.4) is 0 Å². The monoisotopic (exact) mass is 273 g/mol. The van der Waals surface area contributed by atoms with Crippen LogP contribution in [0.15, 0.2) is 0 Å². The number of nitrogens with one attached hydrogen (secondary N) is 1. The van der Waals surface area contributed by atoms with Gasteiger partial charge in [-0.3, -0.25) is 4.79 Å². The number of hydrogen-bond donors (Lipinski definition) is 1. The summed E-state index contributed by atoms with van der Waals surface area (Å²) in [6.45, 7) is 4.43. The van der Waals surface area contributed by atoms with E-state index in [2.05, 4.69) is 5.32 Å². The summed E-state index contributed by atoms with van der Waals surface area (Å²) in [5.74, 6) is 0.557. The van der Waals surface area contributed by atoms with Crippen LogP contribution in [0.5, 0.6) is 0 Å². The summed E-state index contributed by atoms with van der Waals surface area (Å²) in [5, 5.41) is 3.36. The van der Waals surface area contributed by atoms with E-state index in [0.717, 1.165) is 25.9 Å². The lowest BCUT2D eigenvalue weighted by Crippen LogP contribution is -2.30. The van der Waals surface area contributed by atoms with E-state index >= 15 is 0 Å². The highest BCUT2D eigenvalue weighted by molar-refractivity contribution is 5.69. The van der Waals surface area contributed by atoms with Crippen LogP contribution in [-0.4, -0.2) is 52.6 Å². The van der Waals surface area contributed by atoms with Gasteiger partial charge in [-0.15, -0.1) is 0 Å². The van der Waals surface area contributed by atoms with Crippen LogP contribution in [-0.2, 0) is 19.0 Å². The van der Waals surface area contributed by atoms with E-state index in [1.165, 1.54) is 12.8 Å². The van der Waals surface area contributed by atoms with Gasteiger partial charge in [-0.25, -0.2) is 0 Å². The molecule has 1 heterocycles. The molecule has 5 nitrogen and oxygen atoms in total. The summed E-state index contributed by atoms with van der Waals surface area (Å²) in [5.41, 5.74) is 0. The largest absolute Gasteiger partial charge is 0.466 e. The van der Waals surface area contributed by atoms with Crippen molar-refractivity contribution in [3.05, 3.63) is 0 Å². The number of methoxy groups -OCH3 is 1. The minimum Gasteiger partial charge on any atom is -0.466 e. The van der Waals surface area contributed by atoms with E-state index in [4.69, 9.17) is 14.2 Å².